The number of nitrogens with zero attached hydrogens (tertiary/aromatic N) is 2. The summed E-state index contributed by atoms with van der Waals surface area (Å²) in [5, 5.41) is 13.6. The Bertz CT molecular complexity index is 771. The number of carbonyl (C=O) groups excluding carboxylic acids is 1. The molecule has 0 saturated carbocycles. The number of amides is 1. The number of pyridine rings is 1. The molecule has 1 heterocycles. The molecule has 9 heteroatoms. The van der Waals surface area contributed by atoms with Gasteiger partial charge in [0.2, 0.25) is 5.75 Å². The van der Waals surface area contributed by atoms with Crippen LogP contribution in [-0.2, 0) is 4.79 Å². The van der Waals surface area contributed by atoms with E-state index in [9.17, 15) is 14.9 Å². The van der Waals surface area contributed by atoms with Crippen LogP contribution in [0.3, 0.4) is 0 Å². The van der Waals surface area contributed by atoms with Gasteiger partial charge in [0.05, 0.1) is 14.2 Å². The summed E-state index contributed by atoms with van der Waals surface area (Å²) < 4.78 is 15.5. The predicted molar refractivity (Wildman–Crippen MR) is 89.3 cm³/mol. The summed E-state index contributed by atoms with van der Waals surface area (Å²) in [6, 6.07) is 7.84. The van der Waals surface area contributed by atoms with Gasteiger partial charge in [-0.3, -0.25) is 4.79 Å². The average Bonchev–Trinajstić information content (AvgIpc) is 2.60. The van der Waals surface area contributed by atoms with Gasteiger partial charge in [-0.1, -0.05) is 0 Å². The van der Waals surface area contributed by atoms with Gasteiger partial charge >= 0.3 is 5.82 Å². The van der Waals surface area contributed by atoms with E-state index in [0.717, 1.165) is 0 Å². The van der Waals surface area contributed by atoms with Crippen LogP contribution in [0.5, 0.6) is 17.2 Å². The third kappa shape index (κ3) is 4.80. The molecule has 0 aliphatic carbocycles. The van der Waals surface area contributed by atoms with Crippen molar-refractivity contribution in [3.8, 4) is 17.2 Å². The van der Waals surface area contributed by atoms with Crippen LogP contribution in [0.1, 0.15) is 5.69 Å². The van der Waals surface area contributed by atoms with Gasteiger partial charge in [-0.25, -0.2) is 0 Å². The number of carbonyl (C=O) groups is 1. The summed E-state index contributed by atoms with van der Waals surface area (Å²) in [5.41, 5.74) is 0.924. The van der Waals surface area contributed by atoms with Gasteiger partial charge in [-0.15, -0.1) is 0 Å². The van der Waals surface area contributed by atoms with E-state index in [1.165, 1.54) is 20.3 Å². The van der Waals surface area contributed by atoms with E-state index in [1.54, 1.807) is 31.2 Å². The number of rotatable bonds is 7. The Balaban J connectivity index is 2.06. The Morgan fingerprint density at radius 1 is 1.20 bits per heavy atom. The molecular formula is C16H17N3O6. The van der Waals surface area contributed by atoms with Gasteiger partial charge in [0.15, 0.2) is 6.61 Å². The van der Waals surface area contributed by atoms with Crippen LogP contribution in [0.2, 0.25) is 0 Å². The maximum absolute atomic E-state index is 12.0. The summed E-state index contributed by atoms with van der Waals surface area (Å²) in [6.45, 7) is 1.21. The summed E-state index contributed by atoms with van der Waals surface area (Å²) >= 11 is 0. The van der Waals surface area contributed by atoms with Gasteiger partial charge < -0.3 is 29.6 Å². The molecule has 1 N–H and O–H groups in total. The van der Waals surface area contributed by atoms with Crippen LogP contribution in [-0.4, -0.2) is 36.6 Å². The molecular weight excluding hydrogens is 330 g/mol. The standard InChI is InChI=1S/C16H17N3O6/c1-10-4-5-14(16(17-10)19(21)22)25-9-15(20)18-11-6-12(23-2)8-13(7-11)24-3/h4-8H,9H2,1-3H3,(H,18,20). The van der Waals surface area contributed by atoms with Gasteiger partial charge in [0.25, 0.3) is 5.91 Å². The fourth-order valence-corrected chi connectivity index (χ4v) is 1.99. The van der Waals surface area contributed by atoms with Crippen molar-refractivity contribution in [1.82, 2.24) is 4.98 Å². The van der Waals surface area contributed by atoms with Crippen LogP contribution in [0.15, 0.2) is 30.3 Å². The lowest BCUT2D eigenvalue weighted by molar-refractivity contribution is -0.390. The minimum Gasteiger partial charge on any atom is -0.497 e. The number of nitrogens with one attached hydrogen (secondary N) is 1. The van der Waals surface area contributed by atoms with Crippen molar-refractivity contribution in [3.05, 3.63) is 46.1 Å². The van der Waals surface area contributed by atoms with Crippen LogP contribution in [0.4, 0.5) is 11.5 Å². The minimum atomic E-state index is -0.660. The zero-order valence-electron chi connectivity index (χ0n) is 13.9. The van der Waals surface area contributed by atoms with E-state index >= 15 is 0 Å². The summed E-state index contributed by atoms with van der Waals surface area (Å²) in [5.74, 6) is 0.0119. The number of methoxy groups -OCH3 is 2. The predicted octanol–water partition coefficient (Wildman–Crippen LogP) is 2.33. The monoisotopic (exact) mass is 347 g/mol. The molecule has 25 heavy (non-hydrogen) atoms. The number of nitro groups is 1. The number of anilines is 1. The number of hydrogen-bond acceptors (Lipinski definition) is 7. The molecule has 9 nitrogen and oxygen atoms in total. The van der Waals surface area contributed by atoms with Crippen molar-refractivity contribution >= 4 is 17.4 Å². The summed E-state index contributed by atoms with van der Waals surface area (Å²) in [6.07, 6.45) is 0. The second kappa shape index (κ2) is 7.95. The normalized spacial score (nSPS) is 10.0. The van der Waals surface area contributed by atoms with Crippen molar-refractivity contribution in [2.24, 2.45) is 0 Å². The van der Waals surface area contributed by atoms with Crippen molar-refractivity contribution in [2.45, 2.75) is 6.92 Å². The van der Waals surface area contributed by atoms with Gasteiger partial charge in [0.1, 0.15) is 17.2 Å². The Morgan fingerprint density at radius 2 is 1.84 bits per heavy atom. The highest BCUT2D eigenvalue weighted by Crippen LogP contribution is 2.26. The molecule has 0 aliphatic heterocycles. The first kappa shape index (κ1) is 18.0. The van der Waals surface area contributed by atoms with E-state index in [-0.39, 0.29) is 5.75 Å². The number of benzene rings is 1. The highest BCUT2D eigenvalue weighted by molar-refractivity contribution is 5.92. The van der Waals surface area contributed by atoms with Gasteiger partial charge in [-0.05, 0) is 22.0 Å². The van der Waals surface area contributed by atoms with Crippen LogP contribution in [0.25, 0.3) is 0 Å². The molecule has 0 fully saturated rings. The van der Waals surface area contributed by atoms with Crippen LogP contribution < -0.4 is 19.5 Å². The minimum absolute atomic E-state index is 0.0750. The zero-order valence-corrected chi connectivity index (χ0v) is 13.9. The van der Waals surface area contributed by atoms with Crippen molar-refractivity contribution < 1.29 is 23.9 Å². The molecule has 1 aromatic heterocycles. The molecule has 0 bridgehead atoms. The third-order valence-corrected chi connectivity index (χ3v) is 3.15. The third-order valence-electron chi connectivity index (χ3n) is 3.15. The summed E-state index contributed by atoms with van der Waals surface area (Å²) in [4.78, 5) is 26.1. The van der Waals surface area contributed by atoms with Crippen LogP contribution in [0, 0.1) is 17.0 Å². The molecule has 2 rings (SSSR count). The first-order valence-electron chi connectivity index (χ1n) is 7.20. The van der Waals surface area contributed by atoms with E-state index < -0.39 is 23.3 Å². The first-order valence-corrected chi connectivity index (χ1v) is 7.20. The highest BCUT2D eigenvalue weighted by atomic mass is 16.6. The average molecular weight is 347 g/mol. The van der Waals surface area contributed by atoms with E-state index in [0.29, 0.717) is 22.9 Å². The van der Waals surface area contributed by atoms with Crippen molar-refractivity contribution in [3.63, 3.8) is 0 Å². The fourth-order valence-electron chi connectivity index (χ4n) is 1.99. The Morgan fingerprint density at radius 3 is 2.40 bits per heavy atom. The lowest BCUT2D eigenvalue weighted by atomic mass is 10.2. The first-order chi connectivity index (χ1) is 11.9. The maximum Gasteiger partial charge on any atom is 0.406 e. The number of hydrogen-bond donors (Lipinski definition) is 1. The smallest absolute Gasteiger partial charge is 0.406 e. The van der Waals surface area contributed by atoms with Gasteiger partial charge in [0, 0.05) is 30.8 Å². The Labute approximate surface area is 143 Å². The Kier molecular flexibility index (Phi) is 5.72. The quantitative estimate of drug-likeness (QED) is 0.604. The molecule has 0 spiro atoms. The molecule has 0 radical (unpaired) electrons. The van der Waals surface area contributed by atoms with Crippen molar-refractivity contribution in [1.29, 1.82) is 0 Å². The highest BCUT2D eigenvalue weighted by Gasteiger charge is 2.18. The Hall–Kier alpha value is -3.36. The molecule has 0 saturated heterocycles. The zero-order chi connectivity index (χ0) is 18.4. The van der Waals surface area contributed by atoms with E-state index in [4.69, 9.17) is 14.2 Å². The molecule has 0 aliphatic rings. The van der Waals surface area contributed by atoms with Crippen LogP contribution >= 0.6 is 0 Å². The van der Waals surface area contributed by atoms with Crippen molar-refractivity contribution in [2.75, 3.05) is 26.1 Å². The molecule has 132 valence electrons. The second-order valence-corrected chi connectivity index (χ2v) is 4.97. The molecule has 0 unspecified atom stereocenters. The molecule has 1 aromatic carbocycles. The van der Waals surface area contributed by atoms with Gasteiger partial charge in [-0.2, -0.15) is 0 Å². The van der Waals surface area contributed by atoms with E-state index in [1.807, 2.05) is 0 Å². The molecule has 1 amide bonds. The number of ether oxygens (including phenoxy) is 3. The van der Waals surface area contributed by atoms with E-state index in [2.05, 4.69) is 10.3 Å². The summed E-state index contributed by atoms with van der Waals surface area (Å²) in [7, 11) is 2.99. The molecule has 0 atom stereocenters. The number of aromatic nitrogens is 1. The fraction of sp³-hybridized carbons (Fsp3) is 0.250. The maximum atomic E-state index is 12.0. The topological polar surface area (TPSA) is 113 Å². The number of aryl methyl sites for hydroxylation is 1. The lowest BCUT2D eigenvalue weighted by Crippen LogP contribution is -2.20. The largest absolute Gasteiger partial charge is 0.497 e. The SMILES string of the molecule is COc1cc(NC(=O)COc2ccc(C)nc2[N+](=O)[O-])cc(OC)c1. The lowest BCUT2D eigenvalue weighted by Gasteiger charge is -2.10. The second-order valence-electron chi connectivity index (χ2n) is 4.97. The molecule has 2 aromatic rings.